The van der Waals surface area contributed by atoms with Crippen molar-refractivity contribution in [2.75, 3.05) is 35.5 Å². The van der Waals surface area contributed by atoms with Crippen molar-refractivity contribution in [3.8, 4) is 40.2 Å². The summed E-state index contributed by atoms with van der Waals surface area (Å²) in [5.74, 6) is 3.87. The van der Waals surface area contributed by atoms with E-state index in [0.29, 0.717) is 58.5 Å². The predicted molar refractivity (Wildman–Crippen MR) is 129 cm³/mol. The van der Waals surface area contributed by atoms with E-state index in [2.05, 4.69) is 6.07 Å². The van der Waals surface area contributed by atoms with Crippen molar-refractivity contribution in [1.29, 1.82) is 0 Å². The summed E-state index contributed by atoms with van der Waals surface area (Å²) in [6.07, 6.45) is 0.464. The zero-order valence-corrected chi connectivity index (χ0v) is 19.8. The Morgan fingerprint density at radius 3 is 1.94 bits per heavy atom. The van der Waals surface area contributed by atoms with Crippen LogP contribution in [-0.4, -0.2) is 40.7 Å². The number of rotatable bonds is 6. The monoisotopic (exact) mass is 462 g/mol. The molecule has 0 spiro atoms. The van der Waals surface area contributed by atoms with Gasteiger partial charge in [0.05, 0.1) is 45.8 Å². The lowest BCUT2D eigenvalue weighted by atomic mass is 9.90. The molecule has 0 fully saturated rings. The van der Waals surface area contributed by atoms with Crippen molar-refractivity contribution < 1.29 is 33.5 Å². The van der Waals surface area contributed by atoms with Crippen LogP contribution in [0.15, 0.2) is 36.4 Å². The molecule has 1 N–H and O–H groups in total. The number of phenols is 1. The number of methoxy groups -OCH3 is 5. The predicted octanol–water partition coefficient (Wildman–Crippen LogP) is 5.58. The lowest BCUT2D eigenvalue weighted by molar-refractivity contribution is 0.184. The van der Waals surface area contributed by atoms with Gasteiger partial charge in [-0.05, 0) is 40.6 Å². The fourth-order valence-corrected chi connectivity index (χ4v) is 4.71. The van der Waals surface area contributed by atoms with Crippen molar-refractivity contribution in [2.45, 2.75) is 13.0 Å². The van der Waals surface area contributed by atoms with Gasteiger partial charge in [-0.1, -0.05) is 0 Å². The summed E-state index contributed by atoms with van der Waals surface area (Å²) in [6, 6.07) is 11.4. The third kappa shape index (κ3) is 3.31. The summed E-state index contributed by atoms with van der Waals surface area (Å²) in [4.78, 5) is 0. The molecule has 0 bridgehead atoms. The highest BCUT2D eigenvalue weighted by Crippen LogP contribution is 2.52. The number of phenolic OH excluding ortho intramolecular Hbond substituents is 1. The Hall–Kier alpha value is -3.84. The minimum Gasteiger partial charge on any atom is -0.507 e. The molecule has 0 atom stereocenters. The van der Waals surface area contributed by atoms with Gasteiger partial charge in [-0.25, -0.2) is 0 Å². The van der Waals surface area contributed by atoms with Crippen molar-refractivity contribution in [2.24, 2.45) is 0 Å². The van der Waals surface area contributed by atoms with Crippen molar-refractivity contribution in [3.05, 3.63) is 53.1 Å². The summed E-state index contributed by atoms with van der Waals surface area (Å²) in [5, 5.41) is 14.4. The molecule has 0 saturated carbocycles. The zero-order valence-electron chi connectivity index (χ0n) is 19.8. The second-order valence-corrected chi connectivity index (χ2v) is 8.11. The van der Waals surface area contributed by atoms with Gasteiger partial charge in [-0.15, -0.1) is 0 Å². The van der Waals surface area contributed by atoms with Gasteiger partial charge in [-0.3, -0.25) is 0 Å². The van der Waals surface area contributed by atoms with Gasteiger partial charge in [0.2, 0.25) is 0 Å². The molecular weight excluding hydrogens is 436 g/mol. The number of hydrogen-bond donors (Lipinski definition) is 1. The summed E-state index contributed by atoms with van der Waals surface area (Å²) in [6.45, 7) is 0.394. The molecular formula is C27H26O7. The topological polar surface area (TPSA) is 75.6 Å². The van der Waals surface area contributed by atoms with Crippen molar-refractivity contribution in [3.63, 3.8) is 0 Å². The van der Waals surface area contributed by atoms with Gasteiger partial charge in [0.25, 0.3) is 0 Å². The molecule has 0 aromatic heterocycles. The smallest absolute Gasteiger partial charge is 0.142 e. The molecule has 0 radical (unpaired) electrons. The van der Waals surface area contributed by atoms with Crippen molar-refractivity contribution in [1.82, 2.24) is 0 Å². The maximum atomic E-state index is 11.3. The zero-order chi connectivity index (χ0) is 24.0. The van der Waals surface area contributed by atoms with Gasteiger partial charge >= 0.3 is 0 Å². The minimum absolute atomic E-state index is 0.128. The van der Waals surface area contributed by atoms with E-state index in [4.69, 9.17) is 28.4 Å². The molecule has 5 rings (SSSR count). The van der Waals surface area contributed by atoms with Crippen LogP contribution in [0.3, 0.4) is 0 Å². The fourth-order valence-electron chi connectivity index (χ4n) is 4.71. The Balaban J connectivity index is 1.80. The van der Waals surface area contributed by atoms with Gasteiger partial charge in [0, 0.05) is 36.8 Å². The Kier molecular flexibility index (Phi) is 5.49. The maximum Gasteiger partial charge on any atom is 0.142 e. The number of ether oxygens (including phenoxy) is 6. The molecule has 1 aliphatic rings. The molecule has 7 nitrogen and oxygen atoms in total. The summed E-state index contributed by atoms with van der Waals surface area (Å²) in [7, 11) is 8.07. The molecule has 0 aliphatic carbocycles. The second kappa shape index (κ2) is 8.50. The third-order valence-corrected chi connectivity index (χ3v) is 6.31. The highest BCUT2D eigenvalue weighted by molar-refractivity contribution is 6.00. The van der Waals surface area contributed by atoms with E-state index in [-0.39, 0.29) is 5.75 Å². The molecule has 1 aliphatic heterocycles. The summed E-state index contributed by atoms with van der Waals surface area (Å²) >= 11 is 0. The molecule has 0 saturated heterocycles. The van der Waals surface area contributed by atoms with E-state index in [9.17, 15) is 5.11 Å². The summed E-state index contributed by atoms with van der Waals surface area (Å²) in [5.41, 5.74) is 2.59. The van der Waals surface area contributed by atoms with E-state index >= 15 is 0 Å². The molecule has 4 aromatic carbocycles. The van der Waals surface area contributed by atoms with Crippen LogP contribution in [0, 0.1) is 0 Å². The first-order valence-corrected chi connectivity index (χ1v) is 10.8. The van der Waals surface area contributed by atoms with Crippen LogP contribution in [-0.2, 0) is 17.8 Å². The first-order chi connectivity index (χ1) is 16.5. The Bertz CT molecular complexity index is 1420. The number of fused-ring (bicyclic) bond motifs is 5. The minimum atomic E-state index is 0.128. The van der Waals surface area contributed by atoms with Gasteiger partial charge in [0.1, 0.15) is 40.2 Å². The molecule has 7 heteroatoms. The van der Waals surface area contributed by atoms with E-state index in [1.807, 2.05) is 24.3 Å². The quantitative estimate of drug-likeness (QED) is 0.353. The Labute approximate surface area is 197 Å². The normalized spacial score (nSPS) is 12.1. The largest absolute Gasteiger partial charge is 0.507 e. The van der Waals surface area contributed by atoms with Crippen LogP contribution in [0.5, 0.6) is 40.2 Å². The van der Waals surface area contributed by atoms with Crippen LogP contribution in [0.4, 0.5) is 0 Å². The van der Waals surface area contributed by atoms with Crippen molar-refractivity contribution >= 4 is 21.5 Å². The van der Waals surface area contributed by atoms with Crippen LogP contribution in [0.2, 0.25) is 0 Å². The molecule has 1 heterocycles. The van der Waals surface area contributed by atoms with Gasteiger partial charge < -0.3 is 33.5 Å². The molecule has 34 heavy (non-hydrogen) atoms. The van der Waals surface area contributed by atoms with Crippen LogP contribution in [0.1, 0.15) is 16.7 Å². The Morgan fingerprint density at radius 1 is 0.735 bits per heavy atom. The first-order valence-electron chi connectivity index (χ1n) is 10.8. The molecule has 176 valence electrons. The number of benzene rings is 4. The standard InChI is InChI=1S/C27H26O7/c1-29-13-16-6-14-7-17(30-2)11-23(33-5)25(14)27-19(16)12-20-21(34-27)9-15-8-18(31-3)10-22(32-4)24(15)26(20)28/h6-11,28H,12-13H2,1-5H3. The van der Waals surface area contributed by atoms with Crippen LogP contribution >= 0.6 is 0 Å². The second-order valence-electron chi connectivity index (χ2n) is 8.11. The lowest BCUT2D eigenvalue weighted by Gasteiger charge is -2.27. The lowest BCUT2D eigenvalue weighted by Crippen LogP contribution is -2.09. The number of hydrogen-bond acceptors (Lipinski definition) is 7. The van der Waals surface area contributed by atoms with E-state index in [1.165, 1.54) is 0 Å². The highest BCUT2D eigenvalue weighted by atomic mass is 16.5. The fraction of sp³-hybridized carbons (Fsp3) is 0.259. The van der Waals surface area contributed by atoms with E-state index in [1.54, 1.807) is 41.6 Å². The van der Waals surface area contributed by atoms with E-state index in [0.717, 1.165) is 27.3 Å². The van der Waals surface area contributed by atoms with Crippen LogP contribution in [0.25, 0.3) is 21.5 Å². The molecule has 0 amide bonds. The average molecular weight is 462 g/mol. The SMILES string of the molecule is COCc1cc2cc(OC)cc(OC)c2c2c1Cc1c(cc3cc(OC)cc(OC)c3c1O)O2. The number of aromatic hydroxyl groups is 1. The molecule has 4 aromatic rings. The first kappa shape index (κ1) is 22.0. The van der Waals surface area contributed by atoms with Crippen LogP contribution < -0.4 is 23.7 Å². The maximum absolute atomic E-state index is 11.3. The third-order valence-electron chi connectivity index (χ3n) is 6.31. The van der Waals surface area contributed by atoms with E-state index < -0.39 is 0 Å². The Morgan fingerprint density at radius 2 is 1.35 bits per heavy atom. The molecule has 0 unspecified atom stereocenters. The average Bonchev–Trinajstić information content (AvgIpc) is 2.86. The summed E-state index contributed by atoms with van der Waals surface area (Å²) < 4.78 is 34.1. The highest BCUT2D eigenvalue weighted by Gasteiger charge is 2.29. The van der Waals surface area contributed by atoms with Gasteiger partial charge in [-0.2, -0.15) is 0 Å². The van der Waals surface area contributed by atoms with Gasteiger partial charge in [0.15, 0.2) is 0 Å².